The van der Waals surface area contributed by atoms with Crippen molar-refractivity contribution in [3.8, 4) is 0 Å². The van der Waals surface area contributed by atoms with Crippen molar-refractivity contribution in [3.05, 3.63) is 34.7 Å². The summed E-state index contributed by atoms with van der Waals surface area (Å²) in [4.78, 5) is 4.37. The fraction of sp³-hybridized carbons (Fsp3) is 0.364. The molecule has 2 aromatic rings. The summed E-state index contributed by atoms with van der Waals surface area (Å²) in [5, 5.41) is 0.678. The minimum atomic E-state index is 0.166. The maximum atomic E-state index is 6.08. The van der Waals surface area contributed by atoms with Gasteiger partial charge in [-0.05, 0) is 38.0 Å². The molecule has 1 atom stereocenters. The number of halogens is 1. The lowest BCUT2D eigenvalue weighted by Gasteiger charge is -2.05. The van der Waals surface area contributed by atoms with Gasteiger partial charge in [-0.25, -0.2) is 4.98 Å². The Hall–Kier alpha value is -1.06. The van der Waals surface area contributed by atoms with Crippen molar-refractivity contribution in [1.82, 2.24) is 9.38 Å². The van der Waals surface area contributed by atoms with Crippen LogP contribution in [-0.2, 0) is 6.42 Å². The van der Waals surface area contributed by atoms with Gasteiger partial charge < -0.3 is 5.73 Å². The molecule has 15 heavy (non-hydrogen) atoms. The number of pyridine rings is 1. The molecule has 0 fully saturated rings. The van der Waals surface area contributed by atoms with E-state index in [2.05, 4.69) is 4.98 Å². The largest absolute Gasteiger partial charge is 0.328 e. The fourth-order valence-electron chi connectivity index (χ4n) is 1.67. The molecule has 2 N–H and O–H groups in total. The fourth-order valence-corrected chi connectivity index (χ4v) is 1.86. The van der Waals surface area contributed by atoms with Crippen LogP contribution in [0.25, 0.3) is 5.65 Å². The van der Waals surface area contributed by atoms with Gasteiger partial charge in [0.25, 0.3) is 0 Å². The minimum absolute atomic E-state index is 0.166. The first-order valence-corrected chi connectivity index (χ1v) is 5.34. The number of rotatable bonds is 2. The van der Waals surface area contributed by atoms with E-state index in [-0.39, 0.29) is 6.04 Å². The van der Waals surface area contributed by atoms with Crippen LogP contribution in [0.2, 0.25) is 5.15 Å². The first-order valence-electron chi connectivity index (χ1n) is 4.96. The van der Waals surface area contributed by atoms with Crippen molar-refractivity contribution < 1.29 is 0 Å². The Kier molecular flexibility index (Phi) is 2.67. The normalized spacial score (nSPS) is 13.3. The van der Waals surface area contributed by atoms with Crippen LogP contribution in [0.3, 0.4) is 0 Å². The molecular formula is C11H14ClN3. The van der Waals surface area contributed by atoms with Gasteiger partial charge in [-0.2, -0.15) is 0 Å². The van der Waals surface area contributed by atoms with Crippen LogP contribution in [0.4, 0.5) is 0 Å². The van der Waals surface area contributed by atoms with Crippen LogP contribution in [0.1, 0.15) is 18.2 Å². The Bertz CT molecular complexity index is 488. The summed E-state index contributed by atoms with van der Waals surface area (Å²) in [6.45, 7) is 3.90. The number of aryl methyl sites for hydroxylation is 1. The van der Waals surface area contributed by atoms with Gasteiger partial charge in [-0.15, -0.1) is 0 Å². The quantitative estimate of drug-likeness (QED) is 0.848. The monoisotopic (exact) mass is 223 g/mol. The molecule has 0 aromatic carbocycles. The van der Waals surface area contributed by atoms with Crippen molar-refractivity contribution in [2.45, 2.75) is 26.3 Å². The van der Waals surface area contributed by atoms with Gasteiger partial charge >= 0.3 is 0 Å². The molecule has 0 saturated carbocycles. The number of aromatic nitrogens is 2. The molecule has 3 nitrogen and oxygen atoms in total. The second-order valence-electron chi connectivity index (χ2n) is 3.93. The first kappa shape index (κ1) is 10.5. The van der Waals surface area contributed by atoms with E-state index in [0.29, 0.717) is 5.15 Å². The maximum Gasteiger partial charge on any atom is 0.138 e. The summed E-state index contributed by atoms with van der Waals surface area (Å²) < 4.78 is 1.88. The highest BCUT2D eigenvalue weighted by atomic mass is 35.5. The van der Waals surface area contributed by atoms with Crippen LogP contribution in [0, 0.1) is 6.92 Å². The Morgan fingerprint density at radius 1 is 1.60 bits per heavy atom. The van der Waals surface area contributed by atoms with E-state index in [1.807, 2.05) is 36.6 Å². The molecule has 0 saturated heterocycles. The molecule has 4 heteroatoms. The average molecular weight is 224 g/mol. The number of hydrogen-bond donors (Lipinski definition) is 1. The molecule has 2 heterocycles. The second-order valence-corrected chi connectivity index (χ2v) is 4.29. The standard InChI is InChI=1S/C11H14ClN3/c1-7(13)5-9-3-4-15-10(6-9)14-8(2)11(15)12/h3-4,6-7H,5,13H2,1-2H3. The van der Waals surface area contributed by atoms with Gasteiger partial charge in [0.1, 0.15) is 10.8 Å². The van der Waals surface area contributed by atoms with Gasteiger partial charge in [0.05, 0.1) is 5.69 Å². The molecule has 0 radical (unpaired) electrons. The molecule has 1 unspecified atom stereocenters. The molecular weight excluding hydrogens is 210 g/mol. The number of nitrogens with two attached hydrogens (primary N) is 1. The Morgan fingerprint density at radius 3 is 3.00 bits per heavy atom. The van der Waals surface area contributed by atoms with E-state index in [9.17, 15) is 0 Å². The van der Waals surface area contributed by atoms with E-state index in [1.54, 1.807) is 0 Å². The molecule has 0 bridgehead atoms. The van der Waals surface area contributed by atoms with Crippen LogP contribution >= 0.6 is 11.6 Å². The lowest BCUT2D eigenvalue weighted by atomic mass is 10.1. The van der Waals surface area contributed by atoms with Gasteiger partial charge in [0, 0.05) is 12.2 Å². The highest BCUT2D eigenvalue weighted by Crippen LogP contribution is 2.18. The summed E-state index contributed by atoms with van der Waals surface area (Å²) in [6.07, 6.45) is 2.80. The SMILES string of the molecule is Cc1nc2cc(CC(C)N)ccn2c1Cl. The maximum absolute atomic E-state index is 6.08. The van der Waals surface area contributed by atoms with Gasteiger partial charge in [0.15, 0.2) is 0 Å². The number of hydrogen-bond acceptors (Lipinski definition) is 2. The number of imidazole rings is 1. The van der Waals surface area contributed by atoms with Crippen molar-refractivity contribution in [3.63, 3.8) is 0 Å². The first-order chi connectivity index (χ1) is 7.08. The van der Waals surface area contributed by atoms with Crippen LogP contribution in [0.15, 0.2) is 18.3 Å². The van der Waals surface area contributed by atoms with Crippen LogP contribution in [-0.4, -0.2) is 15.4 Å². The summed E-state index contributed by atoms with van der Waals surface area (Å²) >= 11 is 6.08. The average Bonchev–Trinajstić information content (AvgIpc) is 2.41. The van der Waals surface area contributed by atoms with E-state index in [0.717, 1.165) is 17.8 Å². The van der Waals surface area contributed by atoms with E-state index < -0.39 is 0 Å². The molecule has 0 aliphatic carbocycles. The summed E-state index contributed by atoms with van der Waals surface area (Å²) in [6, 6.07) is 4.23. The lowest BCUT2D eigenvalue weighted by molar-refractivity contribution is 0.737. The van der Waals surface area contributed by atoms with Gasteiger partial charge in [0.2, 0.25) is 0 Å². The third-order valence-corrected chi connectivity index (χ3v) is 2.80. The van der Waals surface area contributed by atoms with Gasteiger partial charge in [-0.3, -0.25) is 4.40 Å². The van der Waals surface area contributed by atoms with E-state index in [4.69, 9.17) is 17.3 Å². The van der Waals surface area contributed by atoms with Crippen molar-refractivity contribution in [1.29, 1.82) is 0 Å². The molecule has 80 valence electrons. The van der Waals surface area contributed by atoms with E-state index in [1.165, 1.54) is 5.56 Å². The smallest absolute Gasteiger partial charge is 0.138 e. The zero-order valence-electron chi connectivity index (χ0n) is 8.87. The molecule has 0 aliphatic heterocycles. The van der Waals surface area contributed by atoms with E-state index >= 15 is 0 Å². The van der Waals surface area contributed by atoms with Crippen molar-refractivity contribution in [2.24, 2.45) is 5.73 Å². The number of fused-ring (bicyclic) bond motifs is 1. The topological polar surface area (TPSA) is 43.3 Å². The highest BCUT2D eigenvalue weighted by molar-refractivity contribution is 6.30. The van der Waals surface area contributed by atoms with Crippen LogP contribution in [0.5, 0.6) is 0 Å². The third kappa shape index (κ3) is 1.98. The zero-order chi connectivity index (χ0) is 11.0. The third-order valence-electron chi connectivity index (χ3n) is 2.35. The molecule has 2 aromatic heterocycles. The lowest BCUT2D eigenvalue weighted by Crippen LogP contribution is -2.17. The summed E-state index contributed by atoms with van der Waals surface area (Å²) in [5.41, 5.74) is 8.68. The number of nitrogens with zero attached hydrogens (tertiary/aromatic N) is 2. The molecule has 0 aliphatic rings. The zero-order valence-corrected chi connectivity index (χ0v) is 9.62. The summed E-state index contributed by atoms with van der Waals surface area (Å²) in [5.74, 6) is 0. The molecule has 0 spiro atoms. The Morgan fingerprint density at radius 2 is 2.33 bits per heavy atom. The van der Waals surface area contributed by atoms with Crippen molar-refractivity contribution in [2.75, 3.05) is 0 Å². The van der Waals surface area contributed by atoms with Gasteiger partial charge in [-0.1, -0.05) is 11.6 Å². The summed E-state index contributed by atoms with van der Waals surface area (Å²) in [7, 11) is 0. The van der Waals surface area contributed by atoms with Crippen molar-refractivity contribution >= 4 is 17.2 Å². The molecule has 2 rings (SSSR count). The minimum Gasteiger partial charge on any atom is -0.328 e. The Balaban J connectivity index is 2.47. The molecule has 0 amide bonds. The predicted octanol–water partition coefficient (Wildman–Crippen LogP) is 2.19. The van der Waals surface area contributed by atoms with Crippen LogP contribution < -0.4 is 5.73 Å². The highest BCUT2D eigenvalue weighted by Gasteiger charge is 2.06. The predicted molar refractivity (Wildman–Crippen MR) is 62.3 cm³/mol. The second kappa shape index (κ2) is 3.83. The Labute approximate surface area is 93.9 Å².